The predicted octanol–water partition coefficient (Wildman–Crippen LogP) is 1.69. The molecule has 0 saturated heterocycles. The van der Waals surface area contributed by atoms with Crippen LogP contribution in [0.3, 0.4) is 0 Å². The lowest BCUT2D eigenvalue weighted by molar-refractivity contribution is 0.251. The van der Waals surface area contributed by atoms with Gasteiger partial charge >= 0.3 is 6.03 Å². The van der Waals surface area contributed by atoms with Gasteiger partial charge in [-0.15, -0.1) is 10.2 Å². The number of aromatic nitrogens is 5. The van der Waals surface area contributed by atoms with Gasteiger partial charge in [-0.25, -0.2) is 4.79 Å². The Kier molecular flexibility index (Phi) is 5.37. The van der Waals surface area contributed by atoms with Crippen LogP contribution in [0.15, 0.2) is 21.7 Å². The molecule has 24 heavy (non-hydrogen) atoms. The fourth-order valence-corrected chi connectivity index (χ4v) is 2.27. The van der Waals surface area contributed by atoms with E-state index in [0.717, 1.165) is 0 Å². The number of amides is 2. The maximum Gasteiger partial charge on any atom is 0.319 e. The number of halogens is 1. The molecule has 0 aromatic carbocycles. The Morgan fingerprint density at radius 3 is 2.62 bits per heavy atom. The Hall–Kier alpha value is -2.23. The topological polar surface area (TPSA) is 107 Å². The molecule has 0 aliphatic heterocycles. The first-order chi connectivity index (χ1) is 11.2. The molecule has 0 spiro atoms. The first kappa shape index (κ1) is 18.1. The lowest BCUT2D eigenvalue weighted by Gasteiger charge is -2.15. The molecule has 0 unspecified atom stereocenters. The molecule has 2 heterocycles. The van der Waals surface area contributed by atoms with Crippen molar-refractivity contribution in [2.45, 2.75) is 46.3 Å². The smallest absolute Gasteiger partial charge is 0.319 e. The normalized spacial score (nSPS) is 11.4. The van der Waals surface area contributed by atoms with Gasteiger partial charge in [0.05, 0.1) is 16.6 Å². The number of hydrogen-bond donors (Lipinski definition) is 2. The lowest BCUT2D eigenvalue weighted by Crippen LogP contribution is -2.31. The van der Waals surface area contributed by atoms with E-state index >= 15 is 0 Å². The second-order valence-corrected chi connectivity index (χ2v) is 7.01. The summed E-state index contributed by atoms with van der Waals surface area (Å²) in [6.07, 6.45) is 3.25. The van der Waals surface area contributed by atoms with Gasteiger partial charge in [-0.05, 0) is 48.8 Å². The number of nitrogens with one attached hydrogen (secondary N) is 2. The molecule has 2 amide bonds. The first-order valence-corrected chi connectivity index (χ1v) is 8.24. The fourth-order valence-electron chi connectivity index (χ4n) is 1.79. The van der Waals surface area contributed by atoms with Crippen LogP contribution in [0.5, 0.6) is 0 Å². The monoisotopic (exact) mass is 397 g/mol. The van der Waals surface area contributed by atoms with E-state index in [1.54, 1.807) is 17.0 Å². The molecule has 9 nitrogen and oxygen atoms in total. The molecule has 0 aliphatic rings. The van der Waals surface area contributed by atoms with E-state index < -0.39 is 6.03 Å². The zero-order chi connectivity index (χ0) is 17.9. The molecule has 0 saturated carbocycles. The second-order valence-electron chi connectivity index (χ2n) is 6.15. The average Bonchev–Trinajstić information content (AvgIpc) is 2.98. The Labute approximate surface area is 147 Å². The van der Waals surface area contributed by atoms with Crippen LogP contribution < -0.4 is 16.1 Å². The number of anilines is 1. The molecular weight excluding hydrogens is 378 g/mol. The highest BCUT2D eigenvalue weighted by Crippen LogP contribution is 2.10. The predicted molar refractivity (Wildman–Crippen MR) is 92.7 cm³/mol. The third-order valence-electron chi connectivity index (χ3n) is 3.11. The number of tetrazole rings is 1. The number of urea groups is 1. The summed E-state index contributed by atoms with van der Waals surface area (Å²) < 4.78 is 2.18. The van der Waals surface area contributed by atoms with Crippen molar-refractivity contribution >= 4 is 27.6 Å². The van der Waals surface area contributed by atoms with Gasteiger partial charge in [-0.2, -0.15) is 4.80 Å². The maximum absolute atomic E-state index is 12.0. The standard InChI is InChI=1S/C14H20BrN7O2/c1-5-21-7-9(15)12(23)10(8-21)17-13(24)16-6-11-18-20-22(19-11)14(2,3)4/h7-8H,5-6H2,1-4H3,(H2,16,17,24). The third kappa shape index (κ3) is 4.40. The van der Waals surface area contributed by atoms with Gasteiger partial charge in [0.15, 0.2) is 5.82 Å². The summed E-state index contributed by atoms with van der Waals surface area (Å²) in [5.74, 6) is 0.389. The molecular formula is C14H20BrN7O2. The van der Waals surface area contributed by atoms with E-state index in [1.807, 2.05) is 27.7 Å². The number of carbonyl (C=O) groups is 1. The minimum absolute atomic E-state index is 0.109. The van der Waals surface area contributed by atoms with Crippen LogP contribution >= 0.6 is 15.9 Å². The summed E-state index contributed by atoms with van der Waals surface area (Å²) in [6.45, 7) is 8.57. The Bertz CT molecular complexity index is 791. The van der Waals surface area contributed by atoms with E-state index in [1.165, 1.54) is 4.80 Å². The number of pyridine rings is 1. The van der Waals surface area contributed by atoms with E-state index in [4.69, 9.17) is 0 Å². The van der Waals surface area contributed by atoms with Crippen LogP contribution in [-0.4, -0.2) is 30.8 Å². The van der Waals surface area contributed by atoms with Crippen molar-refractivity contribution in [2.24, 2.45) is 0 Å². The highest BCUT2D eigenvalue weighted by atomic mass is 79.9. The molecule has 2 aromatic heterocycles. The second kappa shape index (κ2) is 7.12. The Morgan fingerprint density at radius 1 is 1.33 bits per heavy atom. The minimum atomic E-state index is -0.514. The summed E-state index contributed by atoms with van der Waals surface area (Å²) in [5.41, 5.74) is -0.378. The van der Waals surface area contributed by atoms with Crippen molar-refractivity contribution in [3.05, 3.63) is 32.9 Å². The van der Waals surface area contributed by atoms with Crippen molar-refractivity contribution in [3.8, 4) is 0 Å². The Morgan fingerprint density at radius 2 is 2.04 bits per heavy atom. The van der Waals surface area contributed by atoms with E-state index in [0.29, 0.717) is 16.8 Å². The Balaban J connectivity index is 2.00. The van der Waals surface area contributed by atoms with Crippen molar-refractivity contribution < 1.29 is 4.79 Å². The number of rotatable bonds is 4. The zero-order valence-electron chi connectivity index (χ0n) is 14.0. The van der Waals surface area contributed by atoms with Crippen LogP contribution in [0.4, 0.5) is 10.5 Å². The highest BCUT2D eigenvalue weighted by Gasteiger charge is 2.17. The quantitative estimate of drug-likeness (QED) is 0.815. The van der Waals surface area contributed by atoms with Crippen LogP contribution in [0.25, 0.3) is 0 Å². The van der Waals surface area contributed by atoms with Crippen LogP contribution in [0.1, 0.15) is 33.5 Å². The molecule has 0 aliphatic carbocycles. The number of hydrogen-bond acceptors (Lipinski definition) is 5. The van der Waals surface area contributed by atoms with E-state index in [-0.39, 0.29) is 23.2 Å². The SMILES string of the molecule is CCn1cc(Br)c(=O)c(NC(=O)NCc2nnn(C(C)(C)C)n2)c1. The zero-order valence-corrected chi connectivity index (χ0v) is 15.6. The summed E-state index contributed by atoms with van der Waals surface area (Å²) in [6, 6.07) is -0.514. The van der Waals surface area contributed by atoms with Crippen LogP contribution in [0.2, 0.25) is 0 Å². The molecule has 10 heteroatoms. The molecule has 0 atom stereocenters. The number of carbonyl (C=O) groups excluding carboxylic acids is 1. The van der Waals surface area contributed by atoms with Crippen molar-refractivity contribution in [2.75, 3.05) is 5.32 Å². The van der Waals surface area contributed by atoms with E-state index in [9.17, 15) is 9.59 Å². The fraction of sp³-hybridized carbons (Fsp3) is 0.500. The molecule has 0 bridgehead atoms. The molecule has 0 fully saturated rings. The molecule has 2 aromatic rings. The average molecular weight is 398 g/mol. The summed E-state index contributed by atoms with van der Waals surface area (Å²) in [4.78, 5) is 25.5. The van der Waals surface area contributed by atoms with Crippen molar-refractivity contribution in [1.29, 1.82) is 0 Å². The van der Waals surface area contributed by atoms with Crippen molar-refractivity contribution in [1.82, 2.24) is 30.1 Å². The third-order valence-corrected chi connectivity index (χ3v) is 3.68. The largest absolute Gasteiger partial charge is 0.351 e. The van der Waals surface area contributed by atoms with Crippen LogP contribution in [-0.2, 0) is 18.6 Å². The van der Waals surface area contributed by atoms with Gasteiger partial charge in [0.25, 0.3) is 0 Å². The number of aryl methyl sites for hydroxylation is 1. The summed E-state index contributed by atoms with van der Waals surface area (Å²) in [5, 5.41) is 17.2. The van der Waals surface area contributed by atoms with Gasteiger partial charge in [0, 0.05) is 18.9 Å². The minimum Gasteiger partial charge on any atom is -0.351 e. The lowest BCUT2D eigenvalue weighted by atomic mass is 10.1. The maximum atomic E-state index is 12.0. The van der Waals surface area contributed by atoms with Gasteiger partial charge in [0.2, 0.25) is 5.43 Å². The summed E-state index contributed by atoms with van der Waals surface area (Å²) in [7, 11) is 0. The molecule has 130 valence electrons. The summed E-state index contributed by atoms with van der Waals surface area (Å²) >= 11 is 3.19. The molecule has 2 rings (SSSR count). The van der Waals surface area contributed by atoms with Gasteiger partial charge < -0.3 is 15.2 Å². The highest BCUT2D eigenvalue weighted by molar-refractivity contribution is 9.10. The molecule has 0 radical (unpaired) electrons. The molecule has 2 N–H and O–H groups in total. The van der Waals surface area contributed by atoms with Gasteiger partial charge in [-0.3, -0.25) is 4.79 Å². The van der Waals surface area contributed by atoms with Gasteiger partial charge in [-0.1, -0.05) is 0 Å². The van der Waals surface area contributed by atoms with Crippen LogP contribution in [0, 0.1) is 0 Å². The van der Waals surface area contributed by atoms with Crippen molar-refractivity contribution in [3.63, 3.8) is 0 Å². The van der Waals surface area contributed by atoms with Gasteiger partial charge in [0.1, 0.15) is 5.69 Å². The number of nitrogens with zero attached hydrogens (tertiary/aromatic N) is 5. The van der Waals surface area contributed by atoms with E-state index in [2.05, 4.69) is 42.0 Å². The first-order valence-electron chi connectivity index (χ1n) is 7.44.